The Morgan fingerprint density at radius 1 is 0.929 bits per heavy atom. The molecule has 4 nitrogen and oxygen atoms in total. The van der Waals surface area contributed by atoms with Crippen molar-refractivity contribution in [2.45, 2.75) is 56.0 Å². The molecule has 28 heavy (non-hydrogen) atoms. The molecule has 0 spiro atoms. The van der Waals surface area contributed by atoms with Crippen molar-refractivity contribution in [1.29, 1.82) is 0 Å². The van der Waals surface area contributed by atoms with Crippen molar-refractivity contribution < 1.29 is 8.42 Å². The lowest BCUT2D eigenvalue weighted by molar-refractivity contribution is 0.0649. The van der Waals surface area contributed by atoms with E-state index >= 15 is 0 Å². The minimum absolute atomic E-state index is 0.0463. The molecule has 1 atom stereocenters. The smallest absolute Gasteiger partial charge is 0.179 e. The maximum Gasteiger partial charge on any atom is 0.179 e. The SMILES string of the molecule is C[C@@H](CS(=O)(=O)c1ccc2ccccc2c1)N1CCN(C2CCCCC2)CC1. The Kier molecular flexibility index (Phi) is 6.04. The number of rotatable bonds is 5. The first-order valence-corrected chi connectivity index (χ1v) is 12.4. The number of benzene rings is 2. The van der Waals surface area contributed by atoms with Crippen molar-refractivity contribution in [3.8, 4) is 0 Å². The molecule has 0 amide bonds. The van der Waals surface area contributed by atoms with Crippen molar-refractivity contribution in [2.75, 3.05) is 31.9 Å². The standard InChI is InChI=1S/C23H32N2O2S/c1-19(24-13-15-25(16-14-24)22-9-3-2-4-10-22)18-28(26,27)23-12-11-20-7-5-6-8-21(20)17-23/h5-8,11-12,17,19,22H,2-4,9-10,13-16,18H2,1H3/t19-/m0/s1. The number of fused-ring (bicyclic) bond motifs is 1. The Bertz CT molecular complexity index is 898. The summed E-state index contributed by atoms with van der Waals surface area (Å²) in [5, 5.41) is 2.06. The third-order valence-corrected chi connectivity index (χ3v) is 8.50. The highest BCUT2D eigenvalue weighted by atomic mass is 32.2. The van der Waals surface area contributed by atoms with Gasteiger partial charge in [-0.1, -0.05) is 49.6 Å². The van der Waals surface area contributed by atoms with Crippen LogP contribution in [0.25, 0.3) is 10.8 Å². The molecule has 2 fully saturated rings. The van der Waals surface area contributed by atoms with E-state index in [9.17, 15) is 8.42 Å². The van der Waals surface area contributed by atoms with Crippen molar-refractivity contribution >= 4 is 20.6 Å². The van der Waals surface area contributed by atoms with Gasteiger partial charge >= 0.3 is 0 Å². The van der Waals surface area contributed by atoms with Crippen LogP contribution in [0.2, 0.25) is 0 Å². The molecule has 0 bridgehead atoms. The van der Waals surface area contributed by atoms with Gasteiger partial charge < -0.3 is 0 Å². The first kappa shape index (κ1) is 19.9. The van der Waals surface area contributed by atoms with Crippen LogP contribution in [0.3, 0.4) is 0 Å². The van der Waals surface area contributed by atoms with Gasteiger partial charge in [0.2, 0.25) is 0 Å². The molecule has 2 aromatic carbocycles. The van der Waals surface area contributed by atoms with Crippen LogP contribution in [0.4, 0.5) is 0 Å². The van der Waals surface area contributed by atoms with Gasteiger partial charge in [-0.15, -0.1) is 0 Å². The summed E-state index contributed by atoms with van der Waals surface area (Å²) in [4.78, 5) is 5.44. The molecule has 4 rings (SSSR count). The minimum Gasteiger partial charge on any atom is -0.298 e. The van der Waals surface area contributed by atoms with Crippen LogP contribution in [-0.2, 0) is 9.84 Å². The minimum atomic E-state index is -3.29. The lowest BCUT2D eigenvalue weighted by atomic mass is 9.94. The van der Waals surface area contributed by atoms with Crippen LogP contribution in [-0.4, -0.2) is 62.2 Å². The van der Waals surface area contributed by atoms with Crippen molar-refractivity contribution in [2.24, 2.45) is 0 Å². The monoisotopic (exact) mass is 400 g/mol. The highest BCUT2D eigenvalue weighted by molar-refractivity contribution is 7.91. The fourth-order valence-corrected chi connectivity index (χ4v) is 6.49. The summed E-state index contributed by atoms with van der Waals surface area (Å²) in [5.41, 5.74) is 0. The molecule has 152 valence electrons. The number of nitrogens with zero attached hydrogens (tertiary/aromatic N) is 2. The molecule has 1 saturated heterocycles. The van der Waals surface area contributed by atoms with E-state index in [-0.39, 0.29) is 11.8 Å². The zero-order valence-corrected chi connectivity index (χ0v) is 17.7. The predicted octanol–water partition coefficient (Wildman–Crippen LogP) is 3.95. The molecule has 0 radical (unpaired) electrons. The second kappa shape index (κ2) is 8.52. The topological polar surface area (TPSA) is 40.6 Å². The molecule has 0 unspecified atom stereocenters. The zero-order chi connectivity index (χ0) is 19.6. The van der Waals surface area contributed by atoms with Crippen molar-refractivity contribution in [3.63, 3.8) is 0 Å². The van der Waals surface area contributed by atoms with Gasteiger partial charge in [-0.2, -0.15) is 0 Å². The molecule has 1 saturated carbocycles. The average Bonchev–Trinajstić information content (AvgIpc) is 2.74. The molecule has 0 N–H and O–H groups in total. The van der Waals surface area contributed by atoms with Crippen molar-refractivity contribution in [3.05, 3.63) is 42.5 Å². The van der Waals surface area contributed by atoms with E-state index in [1.807, 2.05) is 36.4 Å². The predicted molar refractivity (Wildman–Crippen MR) is 115 cm³/mol. The first-order valence-electron chi connectivity index (χ1n) is 10.7. The van der Waals surface area contributed by atoms with Gasteiger partial charge in [0.15, 0.2) is 9.84 Å². The fourth-order valence-electron chi connectivity index (χ4n) is 4.87. The Hall–Kier alpha value is -1.43. The highest BCUT2D eigenvalue weighted by Gasteiger charge is 2.29. The lowest BCUT2D eigenvalue weighted by Crippen LogP contribution is -2.54. The summed E-state index contributed by atoms with van der Waals surface area (Å²) in [6, 6.07) is 14.2. The molecule has 5 heteroatoms. The molecule has 2 aromatic rings. The van der Waals surface area contributed by atoms with Gasteiger partial charge in [-0.05, 0) is 42.7 Å². The van der Waals surface area contributed by atoms with E-state index in [4.69, 9.17) is 0 Å². The quantitative estimate of drug-likeness (QED) is 0.762. The molecular weight excluding hydrogens is 368 g/mol. The van der Waals surface area contributed by atoms with Crippen LogP contribution < -0.4 is 0 Å². The maximum atomic E-state index is 13.0. The maximum absolute atomic E-state index is 13.0. The second-order valence-electron chi connectivity index (χ2n) is 8.50. The van der Waals surface area contributed by atoms with Gasteiger partial charge in [-0.3, -0.25) is 9.80 Å². The molecule has 1 heterocycles. The number of piperazine rings is 1. The van der Waals surface area contributed by atoms with Gasteiger partial charge in [0.1, 0.15) is 0 Å². The van der Waals surface area contributed by atoms with Crippen molar-refractivity contribution in [1.82, 2.24) is 9.80 Å². The summed E-state index contributed by atoms with van der Waals surface area (Å²) in [6.07, 6.45) is 6.80. The Labute approximate surface area is 169 Å². The van der Waals surface area contributed by atoms with Crippen LogP contribution in [0, 0.1) is 0 Å². The summed E-state index contributed by atoms with van der Waals surface area (Å²) in [5.74, 6) is 0.189. The van der Waals surface area contributed by atoms with Crippen LogP contribution in [0.15, 0.2) is 47.4 Å². The highest BCUT2D eigenvalue weighted by Crippen LogP contribution is 2.25. The van der Waals surface area contributed by atoms with Crippen LogP contribution in [0.5, 0.6) is 0 Å². The molecular formula is C23H32N2O2S. The van der Waals surface area contributed by atoms with E-state index in [0.717, 1.165) is 43.0 Å². The zero-order valence-electron chi connectivity index (χ0n) is 16.9. The van der Waals surface area contributed by atoms with E-state index < -0.39 is 9.84 Å². The molecule has 0 aromatic heterocycles. The van der Waals surface area contributed by atoms with E-state index in [0.29, 0.717) is 4.90 Å². The van der Waals surface area contributed by atoms with Crippen LogP contribution >= 0.6 is 0 Å². The molecule has 2 aliphatic rings. The molecule has 1 aliphatic carbocycles. The average molecular weight is 401 g/mol. The summed E-state index contributed by atoms with van der Waals surface area (Å²) < 4.78 is 26.0. The van der Waals surface area contributed by atoms with Crippen LogP contribution in [0.1, 0.15) is 39.0 Å². The lowest BCUT2D eigenvalue weighted by Gasteiger charge is -2.42. The van der Waals surface area contributed by atoms with E-state index in [1.165, 1.54) is 32.1 Å². The Morgan fingerprint density at radius 3 is 2.32 bits per heavy atom. The Balaban J connectivity index is 1.37. The Morgan fingerprint density at radius 2 is 1.61 bits per heavy atom. The van der Waals surface area contributed by atoms with Gasteiger partial charge in [-0.25, -0.2) is 8.42 Å². The fraction of sp³-hybridized carbons (Fsp3) is 0.565. The normalized spacial score (nSPS) is 21.8. The van der Waals surface area contributed by atoms with Gasteiger partial charge in [0.05, 0.1) is 10.6 Å². The summed E-state index contributed by atoms with van der Waals surface area (Å²) >= 11 is 0. The van der Waals surface area contributed by atoms with Gasteiger partial charge in [0.25, 0.3) is 0 Å². The first-order chi connectivity index (χ1) is 13.5. The molecule has 1 aliphatic heterocycles. The van der Waals surface area contributed by atoms with E-state index in [2.05, 4.69) is 16.7 Å². The summed E-state index contributed by atoms with van der Waals surface area (Å²) in [6.45, 7) is 6.17. The largest absolute Gasteiger partial charge is 0.298 e. The third-order valence-electron chi connectivity index (χ3n) is 6.60. The number of sulfone groups is 1. The number of hydrogen-bond donors (Lipinski definition) is 0. The van der Waals surface area contributed by atoms with E-state index in [1.54, 1.807) is 6.07 Å². The van der Waals surface area contributed by atoms with Gasteiger partial charge in [0, 0.05) is 38.3 Å². The third kappa shape index (κ3) is 4.42. The number of hydrogen-bond acceptors (Lipinski definition) is 4. The second-order valence-corrected chi connectivity index (χ2v) is 10.5. The summed E-state index contributed by atoms with van der Waals surface area (Å²) in [7, 11) is -3.29.